The van der Waals surface area contributed by atoms with Crippen LogP contribution in [0.1, 0.15) is 37.0 Å². The molecule has 39 heavy (non-hydrogen) atoms. The van der Waals surface area contributed by atoms with Gasteiger partial charge in [0.1, 0.15) is 22.6 Å². The average molecular weight is 545 g/mol. The van der Waals surface area contributed by atoms with Gasteiger partial charge in [-0.2, -0.15) is 0 Å². The Labute approximate surface area is 230 Å². The molecule has 0 atom stereocenters. The highest BCUT2D eigenvalue weighted by atomic mass is 32.2. The first-order valence-corrected chi connectivity index (χ1v) is 13.4. The molecule has 2 N–H and O–H groups in total. The molecule has 0 saturated heterocycles. The highest BCUT2D eigenvalue weighted by Crippen LogP contribution is 2.45. The van der Waals surface area contributed by atoms with Crippen LogP contribution in [0.25, 0.3) is 11.0 Å². The molecule has 2 aromatic heterocycles. The minimum atomic E-state index is -0.328. The van der Waals surface area contributed by atoms with Crippen LogP contribution in [0.3, 0.4) is 0 Å². The lowest BCUT2D eigenvalue weighted by Crippen LogP contribution is -2.20. The van der Waals surface area contributed by atoms with Gasteiger partial charge in [-0.15, -0.1) is 0 Å². The zero-order chi connectivity index (χ0) is 27.2. The molecule has 0 fully saturated rings. The Hall–Kier alpha value is -4.36. The Morgan fingerprint density at radius 1 is 1.18 bits per heavy atom. The van der Waals surface area contributed by atoms with Crippen molar-refractivity contribution in [3.05, 3.63) is 59.3 Å². The molecule has 1 aliphatic rings. The normalized spacial score (nSPS) is 12.1. The summed E-state index contributed by atoms with van der Waals surface area (Å²) < 4.78 is 26.8. The summed E-state index contributed by atoms with van der Waals surface area (Å²) in [5.41, 5.74) is 3.52. The summed E-state index contributed by atoms with van der Waals surface area (Å²) in [6, 6.07) is 11.6. The minimum Gasteiger partial charge on any atom is -0.496 e. The highest BCUT2D eigenvalue weighted by Gasteiger charge is 2.25. The van der Waals surface area contributed by atoms with Gasteiger partial charge < -0.3 is 28.8 Å². The number of hydrogen-bond acceptors (Lipinski definition) is 9. The number of hydrogen-bond donors (Lipinski definition) is 2. The van der Waals surface area contributed by atoms with Gasteiger partial charge in [-0.05, 0) is 67.3 Å². The number of fused-ring (bicyclic) bond motifs is 3. The third-order valence-electron chi connectivity index (χ3n) is 6.19. The molecule has 1 amide bonds. The SMILES string of the molecule is CC#CC(=O)NCc1ccc(Oc2cc3onc(NSc4cc(CC)ccc4OC)c3c3c2CCCO3)nc1. The quantitative estimate of drug-likeness (QED) is 0.204. The topological polar surface area (TPSA) is 108 Å². The van der Waals surface area contributed by atoms with Gasteiger partial charge in [0, 0.05) is 30.4 Å². The van der Waals surface area contributed by atoms with Crippen molar-refractivity contribution < 1.29 is 23.5 Å². The van der Waals surface area contributed by atoms with Gasteiger partial charge in [-0.25, -0.2) is 4.98 Å². The predicted octanol–water partition coefficient (Wildman–Crippen LogP) is 5.67. The minimum absolute atomic E-state index is 0.328. The fourth-order valence-corrected chi connectivity index (χ4v) is 5.03. The van der Waals surface area contributed by atoms with Crippen molar-refractivity contribution in [1.82, 2.24) is 15.5 Å². The second-order valence-electron chi connectivity index (χ2n) is 8.75. The number of methoxy groups -OCH3 is 1. The van der Waals surface area contributed by atoms with Crippen LogP contribution < -0.4 is 24.2 Å². The standard InChI is InChI=1S/C29H28N4O5S/c1-4-7-25(34)30-16-19-10-12-26(31-17-19)37-22-15-23-27(28-20(22)8-6-13-36-28)29(32-38-23)33-39-24-14-18(5-2)9-11-21(24)35-3/h9-12,14-15,17H,5-6,8,13,16H2,1-3H3,(H,30,34)(H,32,33). The van der Waals surface area contributed by atoms with Gasteiger partial charge in [-0.3, -0.25) is 4.79 Å². The number of carbonyl (C=O) groups is 1. The number of carbonyl (C=O) groups excluding carboxylic acids is 1. The molecule has 0 radical (unpaired) electrons. The van der Waals surface area contributed by atoms with Crippen LogP contribution in [0.2, 0.25) is 0 Å². The number of nitrogens with one attached hydrogen (secondary N) is 2. The Kier molecular flexibility index (Phi) is 8.08. The van der Waals surface area contributed by atoms with Gasteiger partial charge in [0.15, 0.2) is 11.4 Å². The molecule has 0 spiro atoms. The van der Waals surface area contributed by atoms with Crippen LogP contribution >= 0.6 is 11.9 Å². The molecule has 1 aliphatic heterocycles. The molecule has 2 aromatic carbocycles. The van der Waals surface area contributed by atoms with Crippen molar-refractivity contribution in [3.8, 4) is 35.0 Å². The maximum atomic E-state index is 11.6. The number of rotatable bonds is 9. The van der Waals surface area contributed by atoms with Crippen LogP contribution in [0, 0.1) is 11.8 Å². The van der Waals surface area contributed by atoms with Crippen LogP contribution in [0.15, 0.2) is 52.0 Å². The molecule has 0 unspecified atom stereocenters. The number of ether oxygens (including phenoxy) is 3. The van der Waals surface area contributed by atoms with Gasteiger partial charge >= 0.3 is 0 Å². The van der Waals surface area contributed by atoms with Gasteiger partial charge in [0.25, 0.3) is 5.91 Å². The van der Waals surface area contributed by atoms with Gasteiger partial charge in [0.2, 0.25) is 5.88 Å². The summed E-state index contributed by atoms with van der Waals surface area (Å²) in [6.45, 7) is 4.66. The molecule has 9 nitrogen and oxygen atoms in total. The van der Waals surface area contributed by atoms with Crippen LogP contribution in [0.4, 0.5) is 5.82 Å². The fourth-order valence-electron chi connectivity index (χ4n) is 4.22. The van der Waals surface area contributed by atoms with Crippen molar-refractivity contribution in [2.75, 3.05) is 18.4 Å². The van der Waals surface area contributed by atoms with E-state index in [2.05, 4.69) is 51.1 Å². The molecule has 200 valence electrons. The summed E-state index contributed by atoms with van der Waals surface area (Å²) in [5.74, 6) is 7.77. The highest BCUT2D eigenvalue weighted by molar-refractivity contribution is 8.00. The smallest absolute Gasteiger partial charge is 0.296 e. The van der Waals surface area contributed by atoms with Crippen molar-refractivity contribution >= 4 is 34.6 Å². The van der Waals surface area contributed by atoms with Crippen LogP contribution in [-0.2, 0) is 24.2 Å². The summed E-state index contributed by atoms with van der Waals surface area (Å²) >= 11 is 1.41. The zero-order valence-electron chi connectivity index (χ0n) is 21.9. The van der Waals surface area contributed by atoms with E-state index >= 15 is 0 Å². The van der Waals surface area contributed by atoms with E-state index in [0.717, 1.165) is 46.4 Å². The van der Waals surface area contributed by atoms with Crippen molar-refractivity contribution in [2.45, 2.75) is 44.6 Å². The second kappa shape index (κ2) is 12.0. The summed E-state index contributed by atoms with van der Waals surface area (Å²) in [7, 11) is 1.66. The van der Waals surface area contributed by atoms with Gasteiger partial charge in [-0.1, -0.05) is 30.1 Å². The summed E-state index contributed by atoms with van der Waals surface area (Å²) in [5, 5.41) is 7.77. The molecule has 10 heteroatoms. The Morgan fingerprint density at radius 3 is 2.82 bits per heavy atom. The monoisotopic (exact) mass is 544 g/mol. The van der Waals surface area contributed by atoms with E-state index in [-0.39, 0.29) is 5.91 Å². The van der Waals surface area contributed by atoms with E-state index in [4.69, 9.17) is 18.7 Å². The van der Waals surface area contributed by atoms with E-state index in [9.17, 15) is 4.79 Å². The number of nitrogens with zero attached hydrogens (tertiary/aromatic N) is 2. The van der Waals surface area contributed by atoms with Crippen molar-refractivity contribution in [1.29, 1.82) is 0 Å². The Balaban J connectivity index is 1.38. The lowest BCUT2D eigenvalue weighted by molar-refractivity contribution is -0.115. The molecule has 4 aromatic rings. The average Bonchev–Trinajstić information content (AvgIpc) is 3.38. The lowest BCUT2D eigenvalue weighted by Gasteiger charge is -2.21. The van der Waals surface area contributed by atoms with Crippen molar-refractivity contribution in [2.24, 2.45) is 0 Å². The maximum Gasteiger partial charge on any atom is 0.296 e. The largest absolute Gasteiger partial charge is 0.496 e. The third kappa shape index (κ3) is 5.89. The molecular formula is C29H28N4O5S. The van der Waals surface area contributed by atoms with Crippen LogP contribution in [-0.4, -0.2) is 29.8 Å². The first-order chi connectivity index (χ1) is 19.1. The zero-order valence-corrected chi connectivity index (χ0v) is 22.7. The second-order valence-corrected chi connectivity index (χ2v) is 9.59. The van der Waals surface area contributed by atoms with Gasteiger partial charge in [0.05, 0.1) is 18.6 Å². The number of amides is 1. The third-order valence-corrected chi connectivity index (χ3v) is 7.03. The predicted molar refractivity (Wildman–Crippen MR) is 149 cm³/mol. The fraction of sp³-hybridized carbons (Fsp3) is 0.276. The molecular weight excluding hydrogens is 516 g/mol. The maximum absolute atomic E-state index is 11.6. The summed E-state index contributed by atoms with van der Waals surface area (Å²) in [4.78, 5) is 16.9. The lowest BCUT2D eigenvalue weighted by atomic mass is 10.0. The van der Waals surface area contributed by atoms with E-state index in [1.807, 2.05) is 18.2 Å². The van der Waals surface area contributed by atoms with E-state index < -0.39 is 0 Å². The molecule has 0 aliphatic carbocycles. The number of aromatic nitrogens is 2. The Bertz CT molecular complexity index is 1560. The van der Waals surface area contributed by atoms with E-state index in [0.29, 0.717) is 41.9 Å². The van der Waals surface area contributed by atoms with Crippen molar-refractivity contribution in [3.63, 3.8) is 0 Å². The van der Waals surface area contributed by atoms with E-state index in [1.165, 1.54) is 17.5 Å². The molecule has 5 rings (SSSR count). The first kappa shape index (κ1) is 26.3. The van der Waals surface area contributed by atoms with Crippen LogP contribution in [0.5, 0.6) is 23.1 Å². The first-order valence-electron chi connectivity index (χ1n) is 12.6. The molecule has 0 saturated carbocycles. The number of benzene rings is 2. The number of anilines is 1. The van der Waals surface area contributed by atoms with E-state index in [1.54, 1.807) is 26.3 Å². The number of aryl methyl sites for hydroxylation is 1. The Morgan fingerprint density at radius 2 is 2.05 bits per heavy atom. The number of pyridine rings is 1. The summed E-state index contributed by atoms with van der Waals surface area (Å²) in [6.07, 6.45) is 4.24. The molecule has 0 bridgehead atoms. The molecule has 3 heterocycles.